The molecule has 112 valence electrons. The van der Waals surface area contributed by atoms with Crippen LogP contribution < -0.4 is 14.8 Å². The van der Waals surface area contributed by atoms with Crippen molar-refractivity contribution in [2.45, 2.75) is 19.9 Å². The lowest BCUT2D eigenvalue weighted by Crippen LogP contribution is -2.00. The molecule has 2 aromatic rings. The summed E-state index contributed by atoms with van der Waals surface area (Å²) in [7, 11) is 1.61. The highest BCUT2D eigenvalue weighted by molar-refractivity contribution is 5.48. The van der Waals surface area contributed by atoms with Crippen LogP contribution in [0.25, 0.3) is 0 Å². The first-order chi connectivity index (χ1) is 10.2. The molecule has 0 aliphatic heterocycles. The Morgan fingerprint density at radius 2 is 1.76 bits per heavy atom. The van der Waals surface area contributed by atoms with Gasteiger partial charge in [0.1, 0.15) is 17.2 Å². The minimum absolute atomic E-state index is 0.256. The molecule has 0 aromatic heterocycles. The minimum atomic E-state index is 0.256. The number of phenolic OH excluding ortho intramolecular Hbond substituents is 1. The highest BCUT2D eigenvalue weighted by atomic mass is 16.5. The van der Waals surface area contributed by atoms with Crippen LogP contribution in [0.2, 0.25) is 0 Å². The van der Waals surface area contributed by atoms with Gasteiger partial charge in [0.25, 0.3) is 0 Å². The number of methoxy groups -OCH3 is 1. The number of benzene rings is 2. The van der Waals surface area contributed by atoms with E-state index in [-0.39, 0.29) is 5.75 Å². The van der Waals surface area contributed by atoms with Crippen LogP contribution in [0.4, 0.5) is 5.69 Å². The van der Waals surface area contributed by atoms with Gasteiger partial charge in [0.15, 0.2) is 0 Å². The molecule has 21 heavy (non-hydrogen) atoms. The standard InChI is InChI=1S/C17H21NO3/c1-3-10-21-15-6-4-14(5-7-15)18-12-13-11-16(20-2)8-9-17(13)19/h4-9,11,18-19H,3,10,12H2,1-2H3. The van der Waals surface area contributed by atoms with Crippen LogP contribution in [0.3, 0.4) is 0 Å². The summed E-state index contributed by atoms with van der Waals surface area (Å²) in [6, 6.07) is 13.0. The number of hydrogen-bond acceptors (Lipinski definition) is 4. The van der Waals surface area contributed by atoms with E-state index in [1.54, 1.807) is 19.2 Å². The largest absolute Gasteiger partial charge is 0.508 e. The average Bonchev–Trinajstić information content (AvgIpc) is 2.53. The van der Waals surface area contributed by atoms with Gasteiger partial charge in [-0.3, -0.25) is 0 Å². The molecule has 0 atom stereocenters. The molecule has 0 saturated heterocycles. The molecule has 0 radical (unpaired) electrons. The first-order valence-electron chi connectivity index (χ1n) is 7.05. The predicted octanol–water partition coefficient (Wildman–Crippen LogP) is 3.80. The zero-order valence-electron chi connectivity index (χ0n) is 12.4. The van der Waals surface area contributed by atoms with Crippen molar-refractivity contribution in [3.63, 3.8) is 0 Å². The number of ether oxygens (including phenoxy) is 2. The summed E-state index contributed by atoms with van der Waals surface area (Å²) in [6.45, 7) is 3.33. The molecule has 0 aliphatic carbocycles. The maximum atomic E-state index is 9.83. The summed E-state index contributed by atoms with van der Waals surface area (Å²) in [4.78, 5) is 0. The van der Waals surface area contributed by atoms with Gasteiger partial charge in [-0.05, 0) is 48.9 Å². The SMILES string of the molecule is CCCOc1ccc(NCc2cc(OC)ccc2O)cc1. The molecule has 0 amide bonds. The number of phenols is 1. The molecular formula is C17H21NO3. The van der Waals surface area contributed by atoms with Gasteiger partial charge in [-0.15, -0.1) is 0 Å². The van der Waals surface area contributed by atoms with E-state index in [4.69, 9.17) is 9.47 Å². The van der Waals surface area contributed by atoms with Crippen molar-refractivity contribution >= 4 is 5.69 Å². The Kier molecular flexibility index (Phi) is 5.32. The Morgan fingerprint density at radius 1 is 1.05 bits per heavy atom. The van der Waals surface area contributed by atoms with Gasteiger partial charge < -0.3 is 19.9 Å². The normalized spacial score (nSPS) is 10.2. The molecule has 0 unspecified atom stereocenters. The van der Waals surface area contributed by atoms with Crippen molar-refractivity contribution in [2.24, 2.45) is 0 Å². The highest BCUT2D eigenvalue weighted by Crippen LogP contribution is 2.24. The summed E-state index contributed by atoms with van der Waals surface area (Å²) < 4.78 is 10.7. The van der Waals surface area contributed by atoms with E-state index in [1.807, 2.05) is 30.3 Å². The van der Waals surface area contributed by atoms with Crippen LogP contribution in [-0.2, 0) is 6.54 Å². The molecule has 2 N–H and O–H groups in total. The molecule has 0 fully saturated rings. The van der Waals surface area contributed by atoms with E-state index in [2.05, 4.69) is 12.2 Å². The second-order valence-electron chi connectivity index (χ2n) is 4.72. The van der Waals surface area contributed by atoms with E-state index in [9.17, 15) is 5.11 Å². The van der Waals surface area contributed by atoms with Gasteiger partial charge >= 0.3 is 0 Å². The second kappa shape index (κ2) is 7.43. The Labute approximate surface area is 125 Å². The molecule has 4 heteroatoms. The summed E-state index contributed by atoms with van der Waals surface area (Å²) in [5.74, 6) is 1.85. The summed E-state index contributed by atoms with van der Waals surface area (Å²) in [6.07, 6.45) is 0.995. The fourth-order valence-electron chi connectivity index (χ4n) is 1.92. The molecule has 0 spiro atoms. The van der Waals surface area contributed by atoms with E-state index in [0.717, 1.165) is 35.8 Å². The molecule has 0 aliphatic rings. The third-order valence-electron chi connectivity index (χ3n) is 3.10. The van der Waals surface area contributed by atoms with Crippen LogP contribution in [-0.4, -0.2) is 18.8 Å². The van der Waals surface area contributed by atoms with Gasteiger partial charge in [0, 0.05) is 17.8 Å². The van der Waals surface area contributed by atoms with Crippen molar-refractivity contribution in [3.8, 4) is 17.2 Å². The first-order valence-corrected chi connectivity index (χ1v) is 7.05. The maximum absolute atomic E-state index is 9.83. The van der Waals surface area contributed by atoms with Gasteiger partial charge in [-0.2, -0.15) is 0 Å². The quantitative estimate of drug-likeness (QED) is 0.813. The highest BCUT2D eigenvalue weighted by Gasteiger charge is 2.03. The summed E-state index contributed by atoms with van der Waals surface area (Å²) >= 11 is 0. The summed E-state index contributed by atoms with van der Waals surface area (Å²) in [5.41, 5.74) is 1.77. The third kappa shape index (κ3) is 4.31. The van der Waals surface area contributed by atoms with Crippen molar-refractivity contribution in [1.29, 1.82) is 0 Å². The Bertz CT molecular complexity index is 567. The van der Waals surface area contributed by atoms with Gasteiger partial charge in [0.2, 0.25) is 0 Å². The predicted molar refractivity (Wildman–Crippen MR) is 84.2 cm³/mol. The van der Waals surface area contributed by atoms with Crippen LogP contribution in [0.5, 0.6) is 17.2 Å². The fraction of sp³-hybridized carbons (Fsp3) is 0.294. The van der Waals surface area contributed by atoms with E-state index in [1.165, 1.54) is 0 Å². The maximum Gasteiger partial charge on any atom is 0.120 e. The molecular weight excluding hydrogens is 266 g/mol. The number of hydrogen-bond donors (Lipinski definition) is 2. The first kappa shape index (κ1) is 15.0. The van der Waals surface area contributed by atoms with Crippen molar-refractivity contribution in [3.05, 3.63) is 48.0 Å². The van der Waals surface area contributed by atoms with Crippen molar-refractivity contribution in [1.82, 2.24) is 0 Å². The molecule has 2 aromatic carbocycles. The number of anilines is 1. The Hall–Kier alpha value is -2.36. The smallest absolute Gasteiger partial charge is 0.120 e. The molecule has 2 rings (SSSR count). The van der Waals surface area contributed by atoms with Gasteiger partial charge in [-0.1, -0.05) is 6.92 Å². The van der Waals surface area contributed by atoms with E-state index in [0.29, 0.717) is 6.54 Å². The molecule has 0 saturated carbocycles. The third-order valence-corrected chi connectivity index (χ3v) is 3.10. The molecule has 0 bridgehead atoms. The van der Waals surface area contributed by atoms with Crippen LogP contribution >= 0.6 is 0 Å². The van der Waals surface area contributed by atoms with Crippen LogP contribution in [0.1, 0.15) is 18.9 Å². The van der Waals surface area contributed by atoms with Crippen molar-refractivity contribution in [2.75, 3.05) is 19.0 Å². The lowest BCUT2D eigenvalue weighted by Gasteiger charge is -2.10. The van der Waals surface area contributed by atoms with Crippen LogP contribution in [0.15, 0.2) is 42.5 Å². The number of aromatic hydroxyl groups is 1. The number of nitrogens with one attached hydrogen (secondary N) is 1. The topological polar surface area (TPSA) is 50.7 Å². The Balaban J connectivity index is 1.96. The average molecular weight is 287 g/mol. The van der Waals surface area contributed by atoms with E-state index < -0.39 is 0 Å². The Morgan fingerprint density at radius 3 is 2.43 bits per heavy atom. The minimum Gasteiger partial charge on any atom is -0.508 e. The molecule has 0 heterocycles. The van der Waals surface area contributed by atoms with Gasteiger partial charge in [-0.25, -0.2) is 0 Å². The van der Waals surface area contributed by atoms with Crippen LogP contribution in [0, 0.1) is 0 Å². The second-order valence-corrected chi connectivity index (χ2v) is 4.72. The number of rotatable bonds is 7. The zero-order valence-corrected chi connectivity index (χ0v) is 12.4. The van der Waals surface area contributed by atoms with E-state index >= 15 is 0 Å². The molecule has 4 nitrogen and oxygen atoms in total. The van der Waals surface area contributed by atoms with Crippen molar-refractivity contribution < 1.29 is 14.6 Å². The fourth-order valence-corrected chi connectivity index (χ4v) is 1.92. The zero-order chi connectivity index (χ0) is 15.1. The monoisotopic (exact) mass is 287 g/mol. The van der Waals surface area contributed by atoms with Gasteiger partial charge in [0.05, 0.1) is 13.7 Å². The lowest BCUT2D eigenvalue weighted by molar-refractivity contribution is 0.317. The summed E-state index contributed by atoms with van der Waals surface area (Å²) in [5, 5.41) is 13.1. The lowest BCUT2D eigenvalue weighted by atomic mass is 10.2.